The van der Waals surface area contributed by atoms with Crippen LogP contribution in [-0.2, 0) is 104 Å². The molecule has 129 heavy (non-hydrogen) atoms. The van der Waals surface area contributed by atoms with Crippen molar-refractivity contribution in [2.45, 2.75) is 236 Å². The lowest BCUT2D eigenvalue weighted by atomic mass is 9.98. The van der Waals surface area contributed by atoms with Gasteiger partial charge in [0.1, 0.15) is 78.5 Å². The first-order chi connectivity index (χ1) is 61.7. The van der Waals surface area contributed by atoms with Crippen LogP contribution in [-0.4, -0.2) is 266 Å². The predicted octanol–water partition coefficient (Wildman–Crippen LogP) is 4.52. The number of carboxylic acids is 1. The molecule has 2 saturated heterocycles. The molecule has 13 amide bonds. The number of carbonyl (C=O) groups excluding carboxylic acids is 14. The summed E-state index contributed by atoms with van der Waals surface area (Å²) in [6.07, 6.45) is 4.73. The van der Waals surface area contributed by atoms with Crippen molar-refractivity contribution in [1.82, 2.24) is 72.0 Å². The number of para-hydroxylation sites is 1. The van der Waals surface area contributed by atoms with Gasteiger partial charge in [-0.1, -0.05) is 169 Å². The van der Waals surface area contributed by atoms with Crippen molar-refractivity contribution in [3.8, 4) is 5.75 Å². The maximum Gasteiger partial charge on any atom is 0.303 e. The first-order valence-electron chi connectivity index (χ1n) is 44.7. The Morgan fingerprint density at radius 1 is 0.527 bits per heavy atom. The van der Waals surface area contributed by atoms with E-state index < -0.39 is 180 Å². The second-order valence-electron chi connectivity index (χ2n) is 34.1. The minimum absolute atomic E-state index is 0.0309. The summed E-state index contributed by atoms with van der Waals surface area (Å²) in [5, 5.41) is 43.0. The Morgan fingerprint density at radius 2 is 1.07 bits per heavy atom. The lowest BCUT2D eigenvalue weighted by Crippen LogP contribution is -2.61. The number of rotatable bonds is 51. The van der Waals surface area contributed by atoms with Gasteiger partial charge in [0.15, 0.2) is 0 Å². The zero-order valence-corrected chi connectivity index (χ0v) is 76.2. The largest absolute Gasteiger partial charge is 0.508 e. The van der Waals surface area contributed by atoms with Gasteiger partial charge in [0.05, 0.1) is 17.8 Å². The third-order valence-corrected chi connectivity index (χ3v) is 24.6. The molecule has 5 aromatic carbocycles. The number of nitrogens with zero attached hydrogens (tertiary/aromatic N) is 5. The SMILES string of the molecule is CCCCC(C(=O)N1CCCC1C(=O)NC(CCCCN)C(=O)NC(C(=O)N(C)C(Cc1ccccc1)C(=O)NC(CCC(=O)O)C(=O)N1CCCC1C(=O)NC(C=O)Cc1c[nH]c2ccccc12)C(C)C)N(C)C(=O)C(Cc1ccccc1)N(C)C(=O)C(Cc1ccccc1)NC(=O)CSCC(NC(=O)C(CC(C)C)NC(=O)C(N)Cc1ccc(O)cc1)C(=O)NCC. The zero-order valence-electron chi connectivity index (χ0n) is 75.4. The van der Waals surface area contributed by atoms with Crippen LogP contribution in [0.4, 0.5) is 0 Å². The Hall–Kier alpha value is -12.0. The third-order valence-electron chi connectivity index (χ3n) is 23.5. The number of nitrogens with one attached hydrogen (secondary N) is 9. The van der Waals surface area contributed by atoms with E-state index in [9.17, 15) is 48.6 Å². The number of hydrogen-bond donors (Lipinski definition) is 13. The molecule has 34 heteroatoms. The fourth-order valence-electron chi connectivity index (χ4n) is 16.3. The topological polar surface area (TPSA) is 477 Å². The quantitative estimate of drug-likeness (QED) is 0.0184. The lowest BCUT2D eigenvalue weighted by Gasteiger charge is -2.38. The fraction of sp³-hybridized carbons (Fsp3) is 0.505. The molecule has 2 fully saturated rings. The average Bonchev–Trinajstić information content (AvgIpc) is 1.69. The number of phenolic OH excluding ortho intramolecular Hbond substituents is 1. The number of benzene rings is 5. The number of carbonyl (C=O) groups is 15. The van der Waals surface area contributed by atoms with Crippen LogP contribution in [0.15, 0.2) is 146 Å². The van der Waals surface area contributed by atoms with Crippen molar-refractivity contribution in [3.05, 3.63) is 174 Å². The van der Waals surface area contributed by atoms with Gasteiger partial charge < -0.3 is 98.5 Å². The number of aromatic nitrogens is 1. The highest BCUT2D eigenvalue weighted by molar-refractivity contribution is 8.00. The van der Waals surface area contributed by atoms with Gasteiger partial charge >= 0.3 is 5.97 Å². The molecule has 2 aliphatic heterocycles. The molecule has 0 radical (unpaired) electrons. The molecule has 6 aromatic rings. The van der Waals surface area contributed by atoms with Gasteiger partial charge in [-0.05, 0) is 142 Å². The zero-order chi connectivity index (χ0) is 94.0. The van der Waals surface area contributed by atoms with Crippen molar-refractivity contribution in [3.63, 3.8) is 0 Å². The van der Waals surface area contributed by atoms with Gasteiger partial charge in [0.2, 0.25) is 76.8 Å². The van der Waals surface area contributed by atoms with Crippen LogP contribution >= 0.6 is 11.8 Å². The van der Waals surface area contributed by atoms with Gasteiger partial charge in [-0.25, -0.2) is 0 Å². The first-order valence-corrected chi connectivity index (χ1v) is 45.9. The highest BCUT2D eigenvalue weighted by atomic mass is 32.2. The van der Waals surface area contributed by atoms with Crippen LogP contribution in [0, 0.1) is 11.8 Å². The number of likely N-dealkylation sites (tertiary alicyclic amines) is 2. The number of aldehydes is 1. The standard InChI is InChI=1S/C95H130N16O17S/c1-10-12-37-78(107(7)93(126)80(53-63-32-20-15-21-33-63)109(9)91(124)74(51-61-28-16-13-17-29-61)101-81(114)58-129-57-75(85(118)98-11-2)105-87(120)73(49-59(3)4)104-84(117)69(97)50-64-40-42-67(113)43-41-64)94(127)111-48-27-39-77(111)89(122)102-71(36-24-25-46-96)86(119)106-83(60(5)6)95(128)108(8)79(52-62-30-18-14-19-31-62)90(123)103-72(44-45-82(115)116)92(125)110-47-26-38-76(110)88(121)100-66(56-112)54-65-55-99-70-35-23-22-34-68(65)70/h13-23,28-35,40-43,55-56,59-60,66,69,71-80,83,99,113H,10-12,24-27,36-39,44-54,57-58,96-97H2,1-9H3,(H,98,118)(H,100,121)(H,101,114)(H,102,122)(H,103,123)(H,104,117)(H,105,120)(H,106,119)(H,115,116). The minimum Gasteiger partial charge on any atom is -0.508 e. The maximum absolute atomic E-state index is 15.7. The smallest absolute Gasteiger partial charge is 0.303 e. The molecule has 2 aliphatic rings. The number of fused-ring (bicyclic) bond motifs is 1. The van der Waals surface area contributed by atoms with Crippen LogP contribution < -0.4 is 54.0 Å². The predicted molar refractivity (Wildman–Crippen MR) is 491 cm³/mol. The highest BCUT2D eigenvalue weighted by Crippen LogP contribution is 2.28. The number of thioether (sulfide) groups is 1. The monoisotopic (exact) mass is 1800 g/mol. The Morgan fingerprint density at radius 3 is 1.65 bits per heavy atom. The normalized spacial score (nSPS) is 16.3. The summed E-state index contributed by atoms with van der Waals surface area (Å²) in [6, 6.07) is 24.3. The number of hydrogen-bond acceptors (Lipinski definition) is 19. The Balaban J connectivity index is 0.968. The molecule has 698 valence electrons. The molecular weight excluding hydrogens is 1670 g/mol. The van der Waals surface area contributed by atoms with Crippen molar-refractivity contribution >= 4 is 112 Å². The molecule has 0 spiro atoms. The maximum atomic E-state index is 15.7. The second kappa shape index (κ2) is 51.2. The molecule has 33 nitrogen and oxygen atoms in total. The molecule has 3 heterocycles. The average molecular weight is 1800 g/mol. The molecule has 8 rings (SSSR count). The number of amides is 13. The van der Waals surface area contributed by atoms with Crippen molar-refractivity contribution < 1.29 is 82.1 Å². The number of H-pyrrole nitrogens is 1. The van der Waals surface area contributed by atoms with E-state index in [-0.39, 0.29) is 114 Å². The Labute approximate surface area is 759 Å². The van der Waals surface area contributed by atoms with E-state index in [4.69, 9.17) is 11.5 Å². The Kier molecular flexibility index (Phi) is 40.6. The number of unbranched alkanes of at least 4 members (excludes halogenated alkanes) is 2. The lowest BCUT2D eigenvalue weighted by molar-refractivity contribution is -0.152. The summed E-state index contributed by atoms with van der Waals surface area (Å²) in [5.74, 6) is -11.1. The van der Waals surface area contributed by atoms with Gasteiger partial charge in [-0.15, -0.1) is 11.8 Å². The van der Waals surface area contributed by atoms with E-state index in [2.05, 4.69) is 47.5 Å². The van der Waals surface area contributed by atoms with E-state index in [1.54, 1.807) is 130 Å². The fourth-order valence-corrected chi connectivity index (χ4v) is 17.2. The molecule has 13 atom stereocenters. The van der Waals surface area contributed by atoms with Crippen LogP contribution in [0.25, 0.3) is 10.9 Å². The van der Waals surface area contributed by atoms with Crippen molar-refractivity contribution in [2.75, 3.05) is 58.8 Å². The summed E-state index contributed by atoms with van der Waals surface area (Å²) in [5.41, 5.74) is 16.5. The molecule has 1 aromatic heterocycles. The molecule has 13 unspecified atom stereocenters. The molecule has 0 aliphatic carbocycles. The van der Waals surface area contributed by atoms with Crippen LogP contribution in [0.5, 0.6) is 5.75 Å². The van der Waals surface area contributed by atoms with Crippen LogP contribution in [0.1, 0.15) is 153 Å². The summed E-state index contributed by atoms with van der Waals surface area (Å²) >= 11 is 1.01. The summed E-state index contributed by atoms with van der Waals surface area (Å²) in [6.45, 7) is 11.3. The minimum atomic E-state index is -1.51. The van der Waals surface area contributed by atoms with E-state index in [0.717, 1.165) is 33.1 Å². The number of aromatic hydroxyl groups is 1. The number of likely N-dealkylation sites (N-methyl/N-ethyl adjacent to an activating group) is 4. The van der Waals surface area contributed by atoms with Crippen LogP contribution in [0.2, 0.25) is 0 Å². The van der Waals surface area contributed by atoms with Gasteiger partial charge in [-0.2, -0.15) is 0 Å². The van der Waals surface area contributed by atoms with E-state index >= 15 is 33.6 Å². The number of aromatic amines is 1. The van der Waals surface area contributed by atoms with Gasteiger partial charge in [0, 0.05) is 95.7 Å². The third kappa shape index (κ3) is 30.3. The molecule has 15 N–H and O–H groups in total. The van der Waals surface area contributed by atoms with Crippen molar-refractivity contribution in [2.24, 2.45) is 23.3 Å². The number of nitrogens with two attached hydrogens (primary N) is 2. The summed E-state index contributed by atoms with van der Waals surface area (Å²) < 4.78 is 0. The van der Waals surface area contributed by atoms with E-state index in [1.165, 1.54) is 52.9 Å². The van der Waals surface area contributed by atoms with Crippen molar-refractivity contribution in [1.29, 1.82) is 0 Å². The van der Waals surface area contributed by atoms with E-state index in [0.29, 0.717) is 67.1 Å². The van der Waals surface area contributed by atoms with Gasteiger partial charge in [0.25, 0.3) is 0 Å². The number of carboxylic acid groups (broad SMARTS) is 1. The van der Waals surface area contributed by atoms with Crippen LogP contribution in [0.3, 0.4) is 0 Å². The number of phenols is 1. The summed E-state index contributed by atoms with van der Waals surface area (Å²) in [7, 11) is 4.30. The Bertz CT molecular complexity index is 4760. The molecule has 0 saturated carbocycles. The molecule has 0 bridgehead atoms. The molecular formula is C95H130N16O17S. The number of aliphatic carboxylic acids is 1. The second-order valence-corrected chi connectivity index (χ2v) is 35.2. The van der Waals surface area contributed by atoms with E-state index in [1.807, 2.05) is 45.0 Å². The summed E-state index contributed by atoms with van der Waals surface area (Å²) in [4.78, 5) is 226. The first kappa shape index (κ1) is 102. The van der Waals surface area contributed by atoms with Gasteiger partial charge in [-0.3, -0.25) is 67.1 Å². The highest BCUT2D eigenvalue weighted by Gasteiger charge is 2.46.